The summed E-state index contributed by atoms with van der Waals surface area (Å²) >= 11 is 8.97. The Morgan fingerprint density at radius 2 is 2.05 bits per heavy atom. The van der Waals surface area contributed by atoms with Crippen LogP contribution in [0.3, 0.4) is 0 Å². The first-order valence-corrected chi connectivity index (χ1v) is 7.34. The molecule has 0 heterocycles. The number of benzene rings is 2. The molecular weight excluding hydrogens is 372 g/mol. The third-order valence-corrected chi connectivity index (χ3v) is 3.63. The largest absolute Gasteiger partial charge is 0.506 e. The van der Waals surface area contributed by atoms with Gasteiger partial charge in [0.1, 0.15) is 11.5 Å². The summed E-state index contributed by atoms with van der Waals surface area (Å²) in [6.07, 6.45) is 1.33. The second-order valence-electron chi connectivity index (χ2n) is 4.25. The van der Waals surface area contributed by atoms with Crippen molar-refractivity contribution in [2.24, 2.45) is 5.10 Å². The van der Waals surface area contributed by atoms with E-state index in [0.29, 0.717) is 26.4 Å². The highest BCUT2D eigenvalue weighted by Gasteiger charge is 2.07. The molecule has 0 aliphatic rings. The smallest absolute Gasteiger partial charge is 0.271 e. The minimum Gasteiger partial charge on any atom is -0.506 e. The van der Waals surface area contributed by atoms with Crippen LogP contribution in [0.25, 0.3) is 0 Å². The molecule has 0 radical (unpaired) electrons. The second kappa shape index (κ2) is 7.29. The number of ether oxygens (including phenoxy) is 1. The van der Waals surface area contributed by atoms with E-state index in [9.17, 15) is 9.90 Å². The van der Waals surface area contributed by atoms with Crippen LogP contribution in [0.1, 0.15) is 15.9 Å². The van der Waals surface area contributed by atoms with Crippen molar-refractivity contribution >= 4 is 39.7 Å². The van der Waals surface area contributed by atoms with E-state index in [1.54, 1.807) is 36.4 Å². The van der Waals surface area contributed by atoms with Crippen molar-refractivity contribution in [3.05, 3.63) is 57.0 Å². The quantitative estimate of drug-likeness (QED) is 0.626. The summed E-state index contributed by atoms with van der Waals surface area (Å²) in [5.74, 6) is 0.176. The van der Waals surface area contributed by atoms with Gasteiger partial charge in [0.05, 0.1) is 17.8 Å². The highest BCUT2D eigenvalue weighted by Crippen LogP contribution is 2.31. The average molecular weight is 384 g/mol. The molecule has 0 unspecified atom stereocenters. The molecular formula is C15H12BrClN2O3. The summed E-state index contributed by atoms with van der Waals surface area (Å²) in [6.45, 7) is 0. The maximum atomic E-state index is 11.9. The Balaban J connectivity index is 2.11. The van der Waals surface area contributed by atoms with Crippen LogP contribution in [-0.4, -0.2) is 24.3 Å². The molecule has 22 heavy (non-hydrogen) atoms. The van der Waals surface area contributed by atoms with Gasteiger partial charge in [0.25, 0.3) is 5.91 Å². The lowest BCUT2D eigenvalue weighted by Crippen LogP contribution is -2.17. The van der Waals surface area contributed by atoms with Crippen LogP contribution < -0.4 is 10.2 Å². The van der Waals surface area contributed by atoms with E-state index in [2.05, 4.69) is 26.5 Å². The average Bonchev–Trinajstić information content (AvgIpc) is 2.51. The Kier molecular flexibility index (Phi) is 5.41. The molecule has 0 atom stereocenters. The Labute approximate surface area is 140 Å². The number of nitrogens with one attached hydrogen (secondary N) is 1. The van der Waals surface area contributed by atoms with Crippen molar-refractivity contribution in [3.63, 3.8) is 0 Å². The van der Waals surface area contributed by atoms with Gasteiger partial charge in [-0.2, -0.15) is 5.10 Å². The maximum Gasteiger partial charge on any atom is 0.271 e. The topological polar surface area (TPSA) is 70.9 Å². The van der Waals surface area contributed by atoms with Crippen LogP contribution in [0.5, 0.6) is 11.5 Å². The summed E-state index contributed by atoms with van der Waals surface area (Å²) in [6, 6.07) is 9.63. The molecule has 2 N–H and O–H groups in total. The highest BCUT2D eigenvalue weighted by atomic mass is 79.9. The van der Waals surface area contributed by atoms with Gasteiger partial charge < -0.3 is 9.84 Å². The Bertz CT molecular complexity index is 717. The molecule has 0 saturated carbocycles. The van der Waals surface area contributed by atoms with Crippen molar-refractivity contribution < 1.29 is 14.6 Å². The number of hydrazone groups is 1. The van der Waals surface area contributed by atoms with Crippen molar-refractivity contribution in [1.29, 1.82) is 0 Å². The Hall–Kier alpha value is -2.05. The van der Waals surface area contributed by atoms with E-state index in [0.717, 1.165) is 0 Å². The predicted molar refractivity (Wildman–Crippen MR) is 88.9 cm³/mol. The fourth-order valence-corrected chi connectivity index (χ4v) is 2.22. The monoisotopic (exact) mass is 382 g/mol. The number of rotatable bonds is 4. The number of hydrogen-bond acceptors (Lipinski definition) is 4. The van der Waals surface area contributed by atoms with Crippen LogP contribution in [0, 0.1) is 0 Å². The van der Waals surface area contributed by atoms with E-state index < -0.39 is 0 Å². The molecule has 2 aromatic rings. The molecule has 2 rings (SSSR count). The summed E-state index contributed by atoms with van der Waals surface area (Å²) < 4.78 is 5.57. The zero-order chi connectivity index (χ0) is 16.1. The Morgan fingerprint density at radius 1 is 1.36 bits per heavy atom. The lowest BCUT2D eigenvalue weighted by Gasteiger charge is -2.06. The number of aromatic hydroxyl groups is 1. The number of phenolic OH excluding ortho intramolecular Hbond substituents is 1. The van der Waals surface area contributed by atoms with Crippen LogP contribution in [0.15, 0.2) is 46.0 Å². The number of nitrogens with zero attached hydrogens (tertiary/aromatic N) is 1. The first-order valence-electron chi connectivity index (χ1n) is 6.16. The molecule has 1 amide bonds. The van der Waals surface area contributed by atoms with Gasteiger partial charge in [-0.15, -0.1) is 0 Å². The summed E-state index contributed by atoms with van der Waals surface area (Å²) in [5.41, 5.74) is 3.20. The molecule has 0 spiro atoms. The number of hydrogen-bond donors (Lipinski definition) is 2. The second-order valence-corrected chi connectivity index (χ2v) is 5.54. The van der Waals surface area contributed by atoms with Gasteiger partial charge in [-0.3, -0.25) is 4.79 Å². The predicted octanol–water partition coefficient (Wildman–Crippen LogP) is 3.58. The first-order chi connectivity index (χ1) is 10.5. The van der Waals surface area contributed by atoms with Gasteiger partial charge in [0.15, 0.2) is 0 Å². The van der Waals surface area contributed by atoms with Crippen molar-refractivity contribution in [3.8, 4) is 11.5 Å². The number of amides is 1. The van der Waals surface area contributed by atoms with Gasteiger partial charge in [-0.1, -0.05) is 11.6 Å². The van der Waals surface area contributed by atoms with E-state index >= 15 is 0 Å². The fourth-order valence-electron chi connectivity index (χ4n) is 1.64. The SMILES string of the molecule is COc1cc(Br)c(O)c(/C=N/NC(=O)c2ccc(Cl)cc2)c1. The third-order valence-electron chi connectivity index (χ3n) is 2.78. The van der Waals surface area contributed by atoms with Crippen LogP contribution in [-0.2, 0) is 0 Å². The standard InChI is InChI=1S/C15H12BrClN2O3/c1-22-12-6-10(14(20)13(16)7-12)8-18-19-15(21)9-2-4-11(17)5-3-9/h2-8,20H,1H3,(H,19,21)/b18-8+. The van der Waals surface area contributed by atoms with E-state index in [1.165, 1.54) is 13.3 Å². The number of methoxy groups -OCH3 is 1. The molecule has 0 aliphatic heterocycles. The molecule has 0 bridgehead atoms. The van der Waals surface area contributed by atoms with Crippen LogP contribution >= 0.6 is 27.5 Å². The molecule has 114 valence electrons. The minimum atomic E-state index is -0.380. The van der Waals surface area contributed by atoms with Gasteiger partial charge in [-0.25, -0.2) is 5.43 Å². The summed E-state index contributed by atoms with van der Waals surface area (Å²) in [7, 11) is 1.52. The number of halogens is 2. The van der Waals surface area contributed by atoms with Crippen LogP contribution in [0.4, 0.5) is 0 Å². The van der Waals surface area contributed by atoms with Crippen LogP contribution in [0.2, 0.25) is 5.02 Å². The molecule has 2 aromatic carbocycles. The Morgan fingerprint density at radius 3 is 2.68 bits per heavy atom. The summed E-state index contributed by atoms with van der Waals surface area (Å²) in [5, 5.41) is 14.3. The third kappa shape index (κ3) is 3.99. The molecule has 0 fully saturated rings. The van der Waals surface area contributed by atoms with Crippen molar-refractivity contribution in [2.75, 3.05) is 7.11 Å². The number of carbonyl (C=O) groups is 1. The van der Waals surface area contributed by atoms with E-state index in [-0.39, 0.29) is 11.7 Å². The normalized spacial score (nSPS) is 10.7. The molecule has 0 aliphatic carbocycles. The molecule has 0 aromatic heterocycles. The number of carbonyl (C=O) groups excluding carboxylic acids is 1. The zero-order valence-corrected chi connectivity index (χ0v) is 13.9. The van der Waals surface area contributed by atoms with Gasteiger partial charge >= 0.3 is 0 Å². The molecule has 5 nitrogen and oxygen atoms in total. The highest BCUT2D eigenvalue weighted by molar-refractivity contribution is 9.10. The summed E-state index contributed by atoms with van der Waals surface area (Å²) in [4.78, 5) is 11.9. The number of phenols is 1. The van der Waals surface area contributed by atoms with Gasteiger partial charge in [-0.05, 0) is 52.3 Å². The van der Waals surface area contributed by atoms with E-state index in [1.807, 2.05) is 0 Å². The first kappa shape index (κ1) is 16.3. The molecule has 7 heteroatoms. The van der Waals surface area contributed by atoms with E-state index in [4.69, 9.17) is 16.3 Å². The molecule has 0 saturated heterocycles. The van der Waals surface area contributed by atoms with Gasteiger partial charge in [0.2, 0.25) is 0 Å². The maximum absolute atomic E-state index is 11.9. The van der Waals surface area contributed by atoms with Crippen molar-refractivity contribution in [1.82, 2.24) is 5.43 Å². The fraction of sp³-hybridized carbons (Fsp3) is 0.0667. The minimum absolute atomic E-state index is 0.00490. The lowest BCUT2D eigenvalue weighted by atomic mass is 10.2. The zero-order valence-electron chi connectivity index (χ0n) is 11.5. The van der Waals surface area contributed by atoms with Crippen molar-refractivity contribution in [2.45, 2.75) is 0 Å². The lowest BCUT2D eigenvalue weighted by molar-refractivity contribution is 0.0955. The van der Waals surface area contributed by atoms with Gasteiger partial charge in [0, 0.05) is 16.1 Å².